The van der Waals surface area contributed by atoms with Crippen molar-refractivity contribution in [3.63, 3.8) is 0 Å². The lowest BCUT2D eigenvalue weighted by atomic mass is 10.3. The van der Waals surface area contributed by atoms with Gasteiger partial charge in [-0.3, -0.25) is 10.1 Å². The summed E-state index contributed by atoms with van der Waals surface area (Å²) < 4.78 is 9.95. The number of benzene rings is 1. The summed E-state index contributed by atoms with van der Waals surface area (Å²) in [7, 11) is 1.17. The highest BCUT2D eigenvalue weighted by Gasteiger charge is 2.07. The van der Waals surface area contributed by atoms with Crippen LogP contribution in [0.1, 0.15) is 0 Å². The van der Waals surface area contributed by atoms with Crippen LogP contribution in [0.3, 0.4) is 0 Å². The summed E-state index contributed by atoms with van der Waals surface area (Å²) in [6, 6.07) is 6.47. The maximum absolute atomic E-state index is 11.3. The number of carbonyl (C=O) groups excluding carboxylic acids is 3. The third kappa shape index (κ3) is 5.82. The summed E-state index contributed by atoms with van der Waals surface area (Å²) in [6.07, 6.45) is 0.818. The molecule has 0 aliphatic carbocycles. The molecule has 0 bridgehead atoms. The van der Waals surface area contributed by atoms with E-state index in [-0.39, 0.29) is 5.75 Å². The second-order valence-corrected chi connectivity index (χ2v) is 4.10. The monoisotopic (exact) mass is 327 g/mol. The molecule has 6 nitrogen and oxygen atoms in total. The van der Waals surface area contributed by atoms with Gasteiger partial charge in [0.25, 0.3) is 5.91 Å². The average Bonchev–Trinajstić information content (AvgIpc) is 2.38. The van der Waals surface area contributed by atoms with Crippen molar-refractivity contribution in [1.29, 1.82) is 0 Å². The lowest BCUT2D eigenvalue weighted by molar-refractivity contribution is -0.135. The molecule has 19 heavy (non-hydrogen) atoms. The topological polar surface area (TPSA) is 81.7 Å². The molecule has 1 aromatic carbocycles. The third-order valence-corrected chi connectivity index (χ3v) is 2.35. The lowest BCUT2D eigenvalue weighted by Crippen LogP contribution is -2.31. The second kappa shape index (κ2) is 7.32. The van der Waals surface area contributed by atoms with E-state index < -0.39 is 18.0 Å². The van der Waals surface area contributed by atoms with Crippen LogP contribution >= 0.6 is 15.9 Å². The van der Waals surface area contributed by atoms with Crippen LogP contribution in [-0.4, -0.2) is 25.1 Å². The molecule has 0 fully saturated rings. The molecule has 0 unspecified atom stereocenters. The Balaban J connectivity index is 2.47. The SMILES string of the molecule is COC(=O)/C=C/C(=O)NC(=O)Oc1ccc(Br)cc1. The van der Waals surface area contributed by atoms with E-state index in [1.54, 1.807) is 24.3 Å². The van der Waals surface area contributed by atoms with Crippen molar-refractivity contribution >= 4 is 33.9 Å². The first-order chi connectivity index (χ1) is 9.01. The fourth-order valence-corrected chi connectivity index (χ4v) is 1.25. The van der Waals surface area contributed by atoms with Crippen LogP contribution in [0.4, 0.5) is 4.79 Å². The molecule has 0 saturated heterocycles. The van der Waals surface area contributed by atoms with Crippen molar-refractivity contribution in [3.05, 3.63) is 40.9 Å². The average molecular weight is 328 g/mol. The van der Waals surface area contributed by atoms with Crippen LogP contribution in [0.25, 0.3) is 0 Å². The second-order valence-electron chi connectivity index (χ2n) is 3.19. The lowest BCUT2D eigenvalue weighted by Gasteiger charge is -2.03. The van der Waals surface area contributed by atoms with Gasteiger partial charge in [0, 0.05) is 16.6 Å². The Hall–Kier alpha value is -2.15. The summed E-state index contributed by atoms with van der Waals surface area (Å²) in [5.74, 6) is -1.20. The zero-order valence-electron chi connectivity index (χ0n) is 9.88. The molecule has 0 radical (unpaired) electrons. The zero-order valence-corrected chi connectivity index (χ0v) is 11.5. The van der Waals surface area contributed by atoms with E-state index in [4.69, 9.17) is 4.74 Å². The molecule has 100 valence electrons. The molecule has 7 heteroatoms. The minimum Gasteiger partial charge on any atom is -0.466 e. The molecule has 0 aliphatic rings. The fraction of sp³-hybridized carbons (Fsp3) is 0.0833. The van der Waals surface area contributed by atoms with Crippen LogP contribution in [0.5, 0.6) is 5.75 Å². The van der Waals surface area contributed by atoms with E-state index in [2.05, 4.69) is 20.7 Å². The molecule has 0 heterocycles. The van der Waals surface area contributed by atoms with Gasteiger partial charge < -0.3 is 9.47 Å². The van der Waals surface area contributed by atoms with Gasteiger partial charge in [-0.05, 0) is 24.3 Å². The molecular formula is C12H10BrNO5. The maximum Gasteiger partial charge on any atom is 0.419 e. The van der Waals surface area contributed by atoms with Crippen LogP contribution in [0.2, 0.25) is 0 Å². The minimum atomic E-state index is -0.943. The number of hydrogen-bond acceptors (Lipinski definition) is 5. The molecule has 0 aliphatic heterocycles. The van der Waals surface area contributed by atoms with Gasteiger partial charge in [-0.15, -0.1) is 0 Å². The standard InChI is InChI=1S/C12H10BrNO5/c1-18-11(16)7-6-10(15)14-12(17)19-9-4-2-8(13)3-5-9/h2-7H,1H3,(H,14,15,17)/b7-6+. The minimum absolute atomic E-state index is 0.283. The highest BCUT2D eigenvalue weighted by atomic mass is 79.9. The van der Waals surface area contributed by atoms with Gasteiger partial charge in [-0.2, -0.15) is 0 Å². The Labute approximate surface area is 117 Å². The van der Waals surface area contributed by atoms with Gasteiger partial charge in [0.1, 0.15) is 5.75 Å². The quantitative estimate of drug-likeness (QED) is 0.676. The van der Waals surface area contributed by atoms with Gasteiger partial charge in [-0.1, -0.05) is 15.9 Å². The smallest absolute Gasteiger partial charge is 0.419 e. The van der Waals surface area contributed by atoms with Crippen molar-refractivity contribution in [3.8, 4) is 5.75 Å². The zero-order chi connectivity index (χ0) is 14.3. The Morgan fingerprint density at radius 2 is 1.79 bits per heavy atom. The van der Waals surface area contributed by atoms with E-state index in [9.17, 15) is 14.4 Å². The number of imide groups is 1. The highest BCUT2D eigenvalue weighted by molar-refractivity contribution is 9.10. The number of esters is 1. The summed E-state index contributed by atoms with van der Waals surface area (Å²) in [5.41, 5.74) is 0. The van der Waals surface area contributed by atoms with Crippen LogP contribution in [-0.2, 0) is 14.3 Å². The van der Waals surface area contributed by atoms with Crippen molar-refractivity contribution in [1.82, 2.24) is 5.32 Å². The Bertz CT molecular complexity index is 509. The number of carbonyl (C=O) groups is 3. The van der Waals surface area contributed by atoms with Crippen molar-refractivity contribution in [2.75, 3.05) is 7.11 Å². The van der Waals surface area contributed by atoms with Gasteiger partial charge in [-0.25, -0.2) is 9.59 Å². The largest absolute Gasteiger partial charge is 0.466 e. The van der Waals surface area contributed by atoms with Crippen molar-refractivity contribution < 1.29 is 23.9 Å². The van der Waals surface area contributed by atoms with E-state index in [1.165, 1.54) is 7.11 Å². The van der Waals surface area contributed by atoms with E-state index in [0.29, 0.717) is 0 Å². The Morgan fingerprint density at radius 1 is 1.16 bits per heavy atom. The molecule has 1 rings (SSSR count). The van der Waals surface area contributed by atoms with Crippen LogP contribution < -0.4 is 10.1 Å². The molecule has 1 N–H and O–H groups in total. The predicted octanol–water partition coefficient (Wildman–Crippen LogP) is 1.79. The third-order valence-electron chi connectivity index (χ3n) is 1.82. The normalized spacial score (nSPS) is 10.0. The number of halogens is 1. The summed E-state index contributed by atoms with van der Waals surface area (Å²) in [6.45, 7) is 0. The number of nitrogens with one attached hydrogen (secondary N) is 1. The van der Waals surface area contributed by atoms with Gasteiger partial charge in [0.05, 0.1) is 7.11 Å². The molecule has 0 saturated carbocycles. The van der Waals surface area contributed by atoms with Crippen LogP contribution in [0.15, 0.2) is 40.9 Å². The first-order valence-electron chi connectivity index (χ1n) is 5.05. The number of hydrogen-bond donors (Lipinski definition) is 1. The van der Waals surface area contributed by atoms with Crippen LogP contribution in [0, 0.1) is 0 Å². The van der Waals surface area contributed by atoms with E-state index >= 15 is 0 Å². The van der Waals surface area contributed by atoms with Gasteiger partial charge >= 0.3 is 12.1 Å². The molecular weight excluding hydrogens is 318 g/mol. The van der Waals surface area contributed by atoms with Gasteiger partial charge in [0.15, 0.2) is 0 Å². The fourth-order valence-electron chi connectivity index (χ4n) is 0.989. The highest BCUT2D eigenvalue weighted by Crippen LogP contribution is 2.15. The number of rotatable bonds is 3. The molecule has 0 spiro atoms. The Morgan fingerprint density at radius 3 is 2.37 bits per heavy atom. The van der Waals surface area contributed by atoms with Crippen molar-refractivity contribution in [2.45, 2.75) is 0 Å². The van der Waals surface area contributed by atoms with E-state index in [1.807, 2.05) is 5.32 Å². The first-order valence-corrected chi connectivity index (χ1v) is 5.85. The number of amides is 2. The molecule has 1 aromatic rings. The number of methoxy groups -OCH3 is 1. The molecule has 0 atom stereocenters. The van der Waals surface area contributed by atoms with Crippen molar-refractivity contribution in [2.24, 2.45) is 0 Å². The summed E-state index contributed by atoms with van der Waals surface area (Å²) in [4.78, 5) is 33.2. The van der Waals surface area contributed by atoms with Gasteiger partial charge in [0.2, 0.25) is 0 Å². The summed E-state index contributed by atoms with van der Waals surface area (Å²) >= 11 is 3.23. The Kier molecular flexibility index (Phi) is 5.74. The van der Waals surface area contributed by atoms with E-state index in [0.717, 1.165) is 16.6 Å². The predicted molar refractivity (Wildman–Crippen MR) is 69.5 cm³/mol. The number of ether oxygens (including phenoxy) is 2. The molecule has 0 aromatic heterocycles. The summed E-state index contributed by atoms with van der Waals surface area (Å²) in [5, 5.41) is 1.92. The molecule has 2 amide bonds. The maximum atomic E-state index is 11.3. The first kappa shape index (κ1) is 14.9.